The molecule has 0 nitrogen and oxygen atoms in total. The van der Waals surface area contributed by atoms with Crippen molar-refractivity contribution in [1.29, 1.82) is 0 Å². The molecule has 5 heteroatoms. The molecule has 0 rings (SSSR count). The zero-order valence-corrected chi connectivity index (χ0v) is 17.3. The molecule has 0 heterocycles. The van der Waals surface area contributed by atoms with Gasteiger partial charge < -0.3 is 0 Å². The third kappa shape index (κ3) is 18.1. The molecule has 5 heavy (non-hydrogen) atoms. The normalized spacial score (nSPS) is 0. The minimum Gasteiger partial charge on any atom is 0 e. The van der Waals surface area contributed by atoms with Crippen molar-refractivity contribution in [3.8, 4) is 0 Å². The van der Waals surface area contributed by atoms with Crippen LogP contribution in [-0.4, -0.2) is 76.0 Å². The zero-order chi connectivity index (χ0) is 0. The minimum absolute atomic E-state index is 0. The van der Waals surface area contributed by atoms with Crippen LogP contribution < -0.4 is 0 Å². The van der Waals surface area contributed by atoms with Gasteiger partial charge >= 0.3 is 0 Å². The molecule has 0 amide bonds. The van der Waals surface area contributed by atoms with Gasteiger partial charge in [0, 0.05) is 118 Å². The van der Waals surface area contributed by atoms with Gasteiger partial charge in [0.05, 0.1) is 0 Å². The smallest absolute Gasteiger partial charge is 0 e. The van der Waals surface area contributed by atoms with Crippen LogP contribution in [0.1, 0.15) is 0 Å². The Hall–Kier alpha value is 3.92. The summed E-state index contributed by atoms with van der Waals surface area (Å²) >= 11 is 0. The van der Waals surface area contributed by atoms with Crippen molar-refractivity contribution in [2.45, 2.75) is 0 Å². The molecule has 0 fully saturated rings. The van der Waals surface area contributed by atoms with E-state index >= 15 is 0 Å². The predicted octanol–water partition coefficient (Wildman–Crippen LogP) is -1.15. The molecule has 25 valence electrons. The fourth-order valence-electron chi connectivity index (χ4n) is 0. The third-order valence-electron chi connectivity index (χ3n) is 0. The average molecular weight is 705 g/mol. The van der Waals surface area contributed by atoms with Crippen LogP contribution in [-0.2, 0) is 41.9 Å². The van der Waals surface area contributed by atoms with Crippen molar-refractivity contribution in [2.24, 2.45) is 0 Å². The molecule has 0 saturated heterocycles. The number of hydrogen-bond acceptors (Lipinski definition) is 0. The largest absolute Gasteiger partial charge is 0 e. The summed E-state index contributed by atoms with van der Waals surface area (Å²) in [5.74, 6) is 0. The Bertz CT molecular complexity index is 11.6. The summed E-state index contributed by atoms with van der Waals surface area (Å²) < 4.78 is 0. The first-order chi connectivity index (χ1) is 0. The second-order valence-corrected chi connectivity index (χ2v) is 0. The molecule has 0 atom stereocenters. The summed E-state index contributed by atoms with van der Waals surface area (Å²) in [4.78, 5) is 0. The van der Waals surface area contributed by atoms with Crippen LogP contribution in [0.3, 0.4) is 0 Å². The van der Waals surface area contributed by atoms with E-state index in [1.165, 1.54) is 0 Å². The van der Waals surface area contributed by atoms with Gasteiger partial charge in [-0.05, 0) is 0 Å². The van der Waals surface area contributed by atoms with Crippen LogP contribution in [0.2, 0.25) is 0 Å². The van der Waals surface area contributed by atoms with Gasteiger partial charge in [-0.15, -0.1) is 0 Å². The second-order valence-electron chi connectivity index (χ2n) is 0. The molecule has 0 aromatic heterocycles. The summed E-state index contributed by atoms with van der Waals surface area (Å²) in [6, 6.07) is 0. The molecule has 0 spiro atoms. The van der Waals surface area contributed by atoms with E-state index in [1.54, 1.807) is 0 Å². The Kier molecular flexibility index (Phi) is 180. The molecule has 0 saturated carbocycles. The van der Waals surface area contributed by atoms with Crippen molar-refractivity contribution in [2.75, 3.05) is 0 Å². The average Bonchev–Trinajstić information content (AvgIpc) is 0. The van der Waals surface area contributed by atoms with Gasteiger partial charge in [0.1, 0.15) is 0 Å². The molecule has 0 aliphatic rings. The Balaban J connectivity index is 0. The Morgan fingerprint density at radius 1 is 1.00 bits per heavy atom. The first kappa shape index (κ1) is 36.4. The van der Waals surface area contributed by atoms with E-state index in [2.05, 4.69) is 0 Å². The van der Waals surface area contributed by atoms with Crippen LogP contribution in [0.4, 0.5) is 0 Å². The molecule has 0 aromatic rings. The summed E-state index contributed by atoms with van der Waals surface area (Å²) in [6.07, 6.45) is 0. The molecular weight excluding hydrogens is 705 g/mol. The van der Waals surface area contributed by atoms with Gasteiger partial charge in [-0.1, -0.05) is 0 Å². The molecule has 0 aliphatic heterocycles. The van der Waals surface area contributed by atoms with E-state index in [4.69, 9.17) is 0 Å². The van der Waals surface area contributed by atoms with Crippen LogP contribution in [0.15, 0.2) is 0 Å². The van der Waals surface area contributed by atoms with E-state index < -0.39 is 0 Å². The number of rotatable bonds is 0. The van der Waals surface area contributed by atoms with Crippen molar-refractivity contribution < 1.29 is 41.9 Å². The summed E-state index contributed by atoms with van der Waals surface area (Å²) in [5.41, 5.74) is 0. The van der Waals surface area contributed by atoms with Crippen molar-refractivity contribution >= 4 is 76.0 Å². The van der Waals surface area contributed by atoms with Gasteiger partial charge in [-0.3, -0.25) is 0 Å². The maximum atomic E-state index is 0. The van der Waals surface area contributed by atoms with E-state index in [1.807, 2.05) is 0 Å². The molecule has 11 radical (unpaired) electrons. The van der Waals surface area contributed by atoms with Crippen LogP contribution in [0.5, 0.6) is 0 Å². The zero-order valence-electron chi connectivity index (χ0n) is 2.53. The maximum absolute atomic E-state index is 0. The fourth-order valence-corrected chi connectivity index (χ4v) is 0. The quantitative estimate of drug-likeness (QED) is 0.280. The van der Waals surface area contributed by atoms with Crippen LogP contribution in [0, 0.1) is 0 Å². The predicted molar refractivity (Wildman–Crippen MR) is 17.3 cm³/mol. The number of hydrogen-bond donors (Lipinski definition) is 0. The van der Waals surface area contributed by atoms with E-state index in [-0.39, 0.29) is 118 Å². The van der Waals surface area contributed by atoms with Crippen molar-refractivity contribution in [1.82, 2.24) is 0 Å². The summed E-state index contributed by atoms with van der Waals surface area (Å²) in [7, 11) is 0. The van der Waals surface area contributed by atoms with Gasteiger partial charge in [0.2, 0.25) is 0 Å². The maximum Gasteiger partial charge on any atom is 0 e. The summed E-state index contributed by atoms with van der Waals surface area (Å²) in [6.45, 7) is 0. The standard InChI is InChI=1S/Au.Bi.In.Sn.Zn. The van der Waals surface area contributed by atoms with Gasteiger partial charge in [0.15, 0.2) is 0 Å². The van der Waals surface area contributed by atoms with E-state index in [0.717, 1.165) is 0 Å². The van der Waals surface area contributed by atoms with Crippen molar-refractivity contribution in [3.05, 3.63) is 0 Å². The Morgan fingerprint density at radius 2 is 1.00 bits per heavy atom. The second kappa shape index (κ2) is 24.7. The molecule has 0 unspecified atom stereocenters. The van der Waals surface area contributed by atoms with Gasteiger partial charge in [0.25, 0.3) is 0 Å². The van der Waals surface area contributed by atoms with Crippen LogP contribution in [0.25, 0.3) is 0 Å². The molecule has 0 bridgehead atoms. The monoisotopic (exact) mass is 705 g/mol. The Labute approximate surface area is 115 Å². The van der Waals surface area contributed by atoms with Crippen LogP contribution >= 0.6 is 0 Å². The van der Waals surface area contributed by atoms with Gasteiger partial charge in [-0.2, -0.15) is 0 Å². The van der Waals surface area contributed by atoms with Gasteiger partial charge in [-0.25, -0.2) is 0 Å². The topological polar surface area (TPSA) is 0 Å². The first-order valence-corrected chi connectivity index (χ1v) is 0. The Morgan fingerprint density at radius 3 is 1.00 bits per heavy atom. The van der Waals surface area contributed by atoms with Crippen molar-refractivity contribution in [3.63, 3.8) is 0 Å². The molecule has 0 aromatic carbocycles. The minimum atomic E-state index is 0. The third-order valence-corrected chi connectivity index (χ3v) is 0. The van der Waals surface area contributed by atoms with E-state index in [0.29, 0.717) is 0 Å². The van der Waals surface area contributed by atoms with E-state index in [9.17, 15) is 0 Å². The molecular formula is AuBiInSnZn. The fraction of sp³-hybridized carbons (Fsp3) is 0. The SMILES string of the molecule is [Au].[Bi].[In].[Sn].[Zn]. The molecule has 0 aliphatic carbocycles. The summed E-state index contributed by atoms with van der Waals surface area (Å²) in [5, 5.41) is 0. The molecule has 0 N–H and O–H groups in total. The first-order valence-electron chi connectivity index (χ1n) is 0.